The molecule has 5 N–H and O–H groups in total. The number of carbonyl (C=O) groups excluding carboxylic acids is 3. The molecule has 0 spiro atoms. The van der Waals surface area contributed by atoms with Gasteiger partial charge >= 0.3 is 5.97 Å². The fraction of sp³-hybridized carbons (Fsp3) is 0.765. The van der Waals surface area contributed by atoms with Crippen LogP contribution >= 0.6 is 11.8 Å². The van der Waals surface area contributed by atoms with Crippen LogP contribution in [0.2, 0.25) is 0 Å². The van der Waals surface area contributed by atoms with E-state index < -0.39 is 29.9 Å². The van der Waals surface area contributed by atoms with Crippen LogP contribution in [0.15, 0.2) is 0 Å². The van der Waals surface area contributed by atoms with Crippen LogP contribution in [0.1, 0.15) is 33.1 Å². The molecule has 154 valence electrons. The fourth-order valence-corrected chi connectivity index (χ4v) is 3.19. The molecule has 1 rings (SSSR count). The number of hydrogen-bond acceptors (Lipinski definition) is 6. The topological polar surface area (TPSA) is 137 Å². The van der Waals surface area contributed by atoms with Gasteiger partial charge in [0.15, 0.2) is 0 Å². The van der Waals surface area contributed by atoms with E-state index in [1.807, 2.05) is 6.26 Å². The maximum atomic E-state index is 12.4. The number of hydrogen-bond donors (Lipinski definition) is 5. The van der Waals surface area contributed by atoms with Gasteiger partial charge in [-0.25, -0.2) is 4.79 Å². The Morgan fingerprint density at radius 2 is 1.93 bits per heavy atom. The zero-order valence-corrected chi connectivity index (χ0v) is 16.9. The first kappa shape index (κ1) is 23.2. The van der Waals surface area contributed by atoms with Crippen molar-refractivity contribution in [2.75, 3.05) is 25.1 Å². The van der Waals surface area contributed by atoms with Gasteiger partial charge < -0.3 is 26.4 Å². The molecule has 0 aromatic heterocycles. The van der Waals surface area contributed by atoms with Crippen molar-refractivity contribution in [1.29, 1.82) is 0 Å². The maximum Gasteiger partial charge on any atom is 0.326 e. The molecule has 3 unspecified atom stereocenters. The lowest BCUT2D eigenvalue weighted by Crippen LogP contribution is -2.54. The number of carboxylic acids is 1. The zero-order chi connectivity index (χ0) is 20.4. The summed E-state index contributed by atoms with van der Waals surface area (Å²) in [6.07, 6.45) is 3.99. The van der Waals surface area contributed by atoms with Crippen LogP contribution in [-0.2, 0) is 19.2 Å². The van der Waals surface area contributed by atoms with Crippen LogP contribution in [0.4, 0.5) is 0 Å². The summed E-state index contributed by atoms with van der Waals surface area (Å²) in [6, 6.07) is -2.05. The van der Waals surface area contributed by atoms with Crippen molar-refractivity contribution in [2.24, 2.45) is 5.92 Å². The summed E-state index contributed by atoms with van der Waals surface area (Å²) < 4.78 is 0. The number of aliphatic carboxylic acids is 1. The van der Waals surface area contributed by atoms with Crippen molar-refractivity contribution in [3.05, 3.63) is 0 Å². The van der Waals surface area contributed by atoms with Gasteiger partial charge in [-0.05, 0) is 43.7 Å². The lowest BCUT2D eigenvalue weighted by Gasteiger charge is -2.21. The van der Waals surface area contributed by atoms with Crippen molar-refractivity contribution in [3.63, 3.8) is 0 Å². The SMILES string of the molecule is CSCCC(NC(=O)C1CCCN1)C(=O)NCC(=O)NC(C(=O)O)C(C)C. The summed E-state index contributed by atoms with van der Waals surface area (Å²) >= 11 is 1.55. The summed E-state index contributed by atoms with van der Waals surface area (Å²) in [5.74, 6) is -1.99. The van der Waals surface area contributed by atoms with Gasteiger partial charge in [-0.3, -0.25) is 14.4 Å². The molecule has 0 aromatic carbocycles. The van der Waals surface area contributed by atoms with E-state index in [0.29, 0.717) is 12.2 Å². The second-order valence-electron chi connectivity index (χ2n) is 6.84. The first-order chi connectivity index (χ1) is 12.8. The minimum atomic E-state index is -1.13. The monoisotopic (exact) mass is 402 g/mol. The predicted octanol–water partition coefficient (Wildman–Crippen LogP) is -0.682. The predicted molar refractivity (Wildman–Crippen MR) is 103 cm³/mol. The van der Waals surface area contributed by atoms with Crippen LogP contribution in [0.3, 0.4) is 0 Å². The van der Waals surface area contributed by atoms with Gasteiger partial charge in [0.1, 0.15) is 12.1 Å². The molecule has 27 heavy (non-hydrogen) atoms. The van der Waals surface area contributed by atoms with Gasteiger partial charge in [-0.1, -0.05) is 13.8 Å². The maximum absolute atomic E-state index is 12.4. The average Bonchev–Trinajstić information content (AvgIpc) is 3.15. The molecule has 0 bridgehead atoms. The highest BCUT2D eigenvalue weighted by atomic mass is 32.2. The number of carbonyl (C=O) groups is 4. The third-order valence-electron chi connectivity index (χ3n) is 4.29. The molecule has 0 aliphatic carbocycles. The molecule has 9 nitrogen and oxygen atoms in total. The number of rotatable bonds is 11. The lowest BCUT2D eigenvalue weighted by atomic mass is 10.0. The molecule has 1 aliphatic rings. The normalized spacial score (nSPS) is 18.6. The Bertz CT molecular complexity index is 537. The van der Waals surface area contributed by atoms with Crippen LogP contribution in [0.5, 0.6) is 0 Å². The highest BCUT2D eigenvalue weighted by Crippen LogP contribution is 2.07. The van der Waals surface area contributed by atoms with Gasteiger partial charge in [0.2, 0.25) is 17.7 Å². The Hall–Kier alpha value is -1.81. The molecule has 0 aromatic rings. The molecule has 3 atom stereocenters. The largest absolute Gasteiger partial charge is 0.480 e. The van der Waals surface area contributed by atoms with E-state index in [4.69, 9.17) is 5.11 Å². The first-order valence-electron chi connectivity index (χ1n) is 9.08. The standard InChI is InChI=1S/C17H30N4O5S/c1-10(2)14(17(25)26)21-13(22)9-19-15(23)12(6-8-27-3)20-16(24)11-5-4-7-18-11/h10-12,14,18H,4-9H2,1-3H3,(H,19,23)(H,20,24)(H,21,22)(H,25,26). The smallest absolute Gasteiger partial charge is 0.326 e. The van der Waals surface area contributed by atoms with Crippen LogP contribution in [-0.4, -0.2) is 72.0 Å². The Labute approximate surface area is 163 Å². The van der Waals surface area contributed by atoms with Crippen LogP contribution in [0.25, 0.3) is 0 Å². The van der Waals surface area contributed by atoms with E-state index in [2.05, 4.69) is 21.3 Å². The highest BCUT2D eigenvalue weighted by molar-refractivity contribution is 7.98. The molecule has 0 saturated carbocycles. The Morgan fingerprint density at radius 1 is 1.22 bits per heavy atom. The van der Waals surface area contributed by atoms with E-state index >= 15 is 0 Å². The molecule has 1 aliphatic heterocycles. The fourth-order valence-electron chi connectivity index (χ4n) is 2.71. The van der Waals surface area contributed by atoms with Gasteiger partial charge in [0.25, 0.3) is 0 Å². The quantitative estimate of drug-likeness (QED) is 0.309. The Morgan fingerprint density at radius 3 is 2.44 bits per heavy atom. The number of carboxylic acid groups (broad SMARTS) is 1. The molecule has 10 heteroatoms. The van der Waals surface area contributed by atoms with Crippen LogP contribution < -0.4 is 21.3 Å². The second kappa shape index (κ2) is 11.8. The Kier molecular flexibility index (Phi) is 10.2. The summed E-state index contributed by atoms with van der Waals surface area (Å²) in [6.45, 7) is 3.80. The zero-order valence-electron chi connectivity index (χ0n) is 16.0. The third-order valence-corrected chi connectivity index (χ3v) is 4.94. The molecule has 1 heterocycles. The number of nitrogens with one attached hydrogen (secondary N) is 4. The molecular weight excluding hydrogens is 372 g/mol. The minimum Gasteiger partial charge on any atom is -0.480 e. The summed E-state index contributed by atoms with van der Waals surface area (Å²) in [5.41, 5.74) is 0. The molecular formula is C17H30N4O5S. The summed E-state index contributed by atoms with van der Waals surface area (Å²) in [5, 5.41) is 19.8. The number of thioether (sulfide) groups is 1. The van der Waals surface area contributed by atoms with Gasteiger partial charge in [0.05, 0.1) is 12.6 Å². The van der Waals surface area contributed by atoms with E-state index in [9.17, 15) is 19.2 Å². The first-order valence-corrected chi connectivity index (χ1v) is 10.5. The molecule has 1 saturated heterocycles. The van der Waals surface area contributed by atoms with Crippen molar-refractivity contribution in [2.45, 2.75) is 51.2 Å². The average molecular weight is 403 g/mol. The van der Waals surface area contributed by atoms with E-state index in [0.717, 1.165) is 19.4 Å². The van der Waals surface area contributed by atoms with Crippen molar-refractivity contribution >= 4 is 35.5 Å². The summed E-state index contributed by atoms with van der Waals surface area (Å²) in [4.78, 5) is 47.7. The lowest BCUT2D eigenvalue weighted by molar-refractivity contribution is -0.143. The second-order valence-corrected chi connectivity index (χ2v) is 7.82. The van der Waals surface area contributed by atoms with E-state index in [-0.39, 0.29) is 24.4 Å². The van der Waals surface area contributed by atoms with Gasteiger partial charge in [-0.15, -0.1) is 0 Å². The van der Waals surface area contributed by atoms with Crippen molar-refractivity contribution in [1.82, 2.24) is 21.3 Å². The molecule has 0 radical (unpaired) electrons. The molecule has 3 amide bonds. The van der Waals surface area contributed by atoms with E-state index in [1.165, 1.54) is 0 Å². The van der Waals surface area contributed by atoms with E-state index in [1.54, 1.807) is 25.6 Å². The van der Waals surface area contributed by atoms with Crippen LogP contribution in [0, 0.1) is 5.92 Å². The van der Waals surface area contributed by atoms with Crippen molar-refractivity contribution in [3.8, 4) is 0 Å². The molecule has 1 fully saturated rings. The summed E-state index contributed by atoms with van der Waals surface area (Å²) in [7, 11) is 0. The van der Waals surface area contributed by atoms with Gasteiger partial charge in [0, 0.05) is 0 Å². The van der Waals surface area contributed by atoms with Crippen molar-refractivity contribution < 1.29 is 24.3 Å². The third kappa shape index (κ3) is 8.17. The van der Waals surface area contributed by atoms with Gasteiger partial charge in [-0.2, -0.15) is 11.8 Å². The Balaban J connectivity index is 2.55. The number of amides is 3. The minimum absolute atomic E-state index is 0.219. The highest BCUT2D eigenvalue weighted by Gasteiger charge is 2.28.